The summed E-state index contributed by atoms with van der Waals surface area (Å²) < 4.78 is 0. The lowest BCUT2D eigenvalue weighted by Gasteiger charge is -2.17. The van der Waals surface area contributed by atoms with Crippen LogP contribution < -0.4 is 10.6 Å². The van der Waals surface area contributed by atoms with Crippen LogP contribution in [0, 0.1) is 5.92 Å². The van der Waals surface area contributed by atoms with Gasteiger partial charge in [0.1, 0.15) is 0 Å². The number of carbonyl (C=O) groups is 2. The van der Waals surface area contributed by atoms with Crippen LogP contribution in [0.25, 0.3) is 0 Å². The molecule has 0 aliphatic heterocycles. The zero-order valence-electron chi connectivity index (χ0n) is 12.6. The summed E-state index contributed by atoms with van der Waals surface area (Å²) in [4.78, 5) is 23.2. The van der Waals surface area contributed by atoms with E-state index in [0.717, 1.165) is 12.0 Å². The number of hydrogen-bond acceptors (Lipinski definition) is 3. The molecule has 0 aliphatic rings. The van der Waals surface area contributed by atoms with Crippen molar-refractivity contribution in [2.24, 2.45) is 5.92 Å². The maximum absolute atomic E-state index is 11.7. The average molecular weight is 292 g/mol. The second kappa shape index (κ2) is 9.13. The Morgan fingerprint density at radius 1 is 1.14 bits per heavy atom. The molecule has 5 heteroatoms. The molecule has 0 heterocycles. The number of aliphatic hydroxyl groups excluding tert-OH is 1. The van der Waals surface area contributed by atoms with E-state index in [0.29, 0.717) is 0 Å². The molecule has 0 aliphatic carbocycles. The van der Waals surface area contributed by atoms with Gasteiger partial charge in [-0.3, -0.25) is 9.59 Å². The van der Waals surface area contributed by atoms with Crippen molar-refractivity contribution in [1.82, 2.24) is 10.6 Å². The van der Waals surface area contributed by atoms with Gasteiger partial charge in [0, 0.05) is 6.54 Å². The van der Waals surface area contributed by atoms with E-state index in [-0.39, 0.29) is 37.2 Å². The zero-order chi connectivity index (χ0) is 15.7. The van der Waals surface area contributed by atoms with Crippen LogP contribution in [0.15, 0.2) is 30.3 Å². The average Bonchev–Trinajstić information content (AvgIpc) is 2.50. The number of benzene rings is 1. The standard InChI is InChI=1S/C16H24N2O3/c1-3-12(2)14(19)10-17-16(21)11-18-15(20)9-13-7-5-4-6-8-13/h4-8,12,14,19H,3,9-11H2,1-2H3,(H,17,21)(H,18,20). The molecule has 0 spiro atoms. The summed E-state index contributed by atoms with van der Waals surface area (Å²) in [6.07, 6.45) is 0.549. The minimum absolute atomic E-state index is 0.0705. The molecule has 3 N–H and O–H groups in total. The topological polar surface area (TPSA) is 78.4 Å². The van der Waals surface area contributed by atoms with Gasteiger partial charge >= 0.3 is 0 Å². The van der Waals surface area contributed by atoms with Gasteiger partial charge in [-0.05, 0) is 11.5 Å². The molecule has 0 aromatic heterocycles. The maximum Gasteiger partial charge on any atom is 0.239 e. The molecule has 21 heavy (non-hydrogen) atoms. The highest BCUT2D eigenvalue weighted by atomic mass is 16.3. The first-order valence-electron chi connectivity index (χ1n) is 7.28. The third-order valence-corrected chi connectivity index (χ3v) is 3.46. The molecule has 0 fully saturated rings. The Bertz CT molecular complexity index is 448. The van der Waals surface area contributed by atoms with Crippen molar-refractivity contribution < 1.29 is 14.7 Å². The first-order valence-corrected chi connectivity index (χ1v) is 7.28. The van der Waals surface area contributed by atoms with Crippen LogP contribution in [0.1, 0.15) is 25.8 Å². The Labute approximate surface area is 125 Å². The van der Waals surface area contributed by atoms with Gasteiger partial charge in [-0.2, -0.15) is 0 Å². The SMILES string of the molecule is CCC(C)C(O)CNC(=O)CNC(=O)Cc1ccccc1. The molecule has 1 aromatic carbocycles. The minimum atomic E-state index is -0.557. The Morgan fingerprint density at radius 3 is 2.43 bits per heavy atom. The van der Waals surface area contributed by atoms with Gasteiger partial charge in [0.25, 0.3) is 0 Å². The lowest BCUT2D eigenvalue weighted by atomic mass is 10.0. The Balaban J connectivity index is 2.22. The third-order valence-electron chi connectivity index (χ3n) is 3.46. The number of amides is 2. The van der Waals surface area contributed by atoms with Crippen molar-refractivity contribution in [3.8, 4) is 0 Å². The molecule has 0 saturated heterocycles. The fourth-order valence-electron chi connectivity index (χ4n) is 1.78. The van der Waals surface area contributed by atoms with Gasteiger partial charge in [0.2, 0.25) is 11.8 Å². The van der Waals surface area contributed by atoms with Gasteiger partial charge in [0.15, 0.2) is 0 Å². The van der Waals surface area contributed by atoms with E-state index < -0.39 is 6.10 Å². The van der Waals surface area contributed by atoms with Crippen LogP contribution >= 0.6 is 0 Å². The molecule has 1 aromatic rings. The van der Waals surface area contributed by atoms with Crippen molar-refractivity contribution in [2.75, 3.05) is 13.1 Å². The summed E-state index contributed by atoms with van der Waals surface area (Å²) in [6, 6.07) is 9.35. The summed E-state index contributed by atoms with van der Waals surface area (Å²) in [5.74, 6) is -0.351. The van der Waals surface area contributed by atoms with E-state index in [4.69, 9.17) is 0 Å². The van der Waals surface area contributed by atoms with Crippen molar-refractivity contribution in [2.45, 2.75) is 32.8 Å². The van der Waals surface area contributed by atoms with E-state index in [1.165, 1.54) is 0 Å². The van der Waals surface area contributed by atoms with Crippen molar-refractivity contribution in [3.05, 3.63) is 35.9 Å². The van der Waals surface area contributed by atoms with Gasteiger partial charge in [0.05, 0.1) is 19.1 Å². The largest absolute Gasteiger partial charge is 0.391 e. The highest BCUT2D eigenvalue weighted by molar-refractivity contribution is 5.85. The Morgan fingerprint density at radius 2 is 1.81 bits per heavy atom. The van der Waals surface area contributed by atoms with Crippen LogP contribution in [0.4, 0.5) is 0 Å². The molecule has 1 rings (SSSR count). The lowest BCUT2D eigenvalue weighted by Crippen LogP contribution is -2.41. The first kappa shape index (κ1) is 17.2. The second-order valence-electron chi connectivity index (χ2n) is 5.20. The zero-order valence-corrected chi connectivity index (χ0v) is 12.6. The van der Waals surface area contributed by atoms with Crippen LogP contribution in [0.3, 0.4) is 0 Å². The van der Waals surface area contributed by atoms with Crippen molar-refractivity contribution >= 4 is 11.8 Å². The normalized spacial score (nSPS) is 13.3. The molecule has 116 valence electrons. The fourth-order valence-corrected chi connectivity index (χ4v) is 1.78. The molecule has 2 amide bonds. The maximum atomic E-state index is 11.7. The molecular weight excluding hydrogens is 268 g/mol. The van der Waals surface area contributed by atoms with Gasteiger partial charge in [-0.25, -0.2) is 0 Å². The van der Waals surface area contributed by atoms with Crippen LogP contribution in [-0.2, 0) is 16.0 Å². The molecule has 0 saturated carbocycles. The number of hydrogen-bond donors (Lipinski definition) is 3. The minimum Gasteiger partial charge on any atom is -0.391 e. The van der Waals surface area contributed by atoms with E-state index in [9.17, 15) is 14.7 Å². The molecule has 2 unspecified atom stereocenters. The second-order valence-corrected chi connectivity index (χ2v) is 5.20. The number of nitrogens with one attached hydrogen (secondary N) is 2. The molecule has 0 bridgehead atoms. The molecular formula is C16H24N2O3. The third kappa shape index (κ3) is 6.90. The summed E-state index contributed by atoms with van der Waals surface area (Å²) in [6.45, 7) is 4.05. The predicted octanol–water partition coefficient (Wildman–Crippen LogP) is 0.869. The fraction of sp³-hybridized carbons (Fsp3) is 0.500. The first-order chi connectivity index (χ1) is 10.0. The van der Waals surface area contributed by atoms with E-state index in [1.54, 1.807) is 0 Å². The van der Waals surface area contributed by atoms with Gasteiger partial charge in [-0.1, -0.05) is 50.6 Å². The van der Waals surface area contributed by atoms with Crippen LogP contribution in [0.5, 0.6) is 0 Å². The number of carbonyl (C=O) groups excluding carboxylic acids is 2. The monoisotopic (exact) mass is 292 g/mol. The lowest BCUT2D eigenvalue weighted by molar-refractivity contribution is -0.126. The highest BCUT2D eigenvalue weighted by Gasteiger charge is 2.13. The van der Waals surface area contributed by atoms with Crippen LogP contribution in [0.2, 0.25) is 0 Å². The van der Waals surface area contributed by atoms with E-state index in [1.807, 2.05) is 44.2 Å². The summed E-state index contributed by atoms with van der Waals surface area (Å²) >= 11 is 0. The van der Waals surface area contributed by atoms with E-state index in [2.05, 4.69) is 10.6 Å². The summed E-state index contributed by atoms with van der Waals surface area (Å²) in [5.41, 5.74) is 0.905. The molecule has 0 radical (unpaired) electrons. The van der Waals surface area contributed by atoms with Crippen molar-refractivity contribution in [3.63, 3.8) is 0 Å². The van der Waals surface area contributed by atoms with Crippen molar-refractivity contribution in [1.29, 1.82) is 0 Å². The molecule has 5 nitrogen and oxygen atoms in total. The summed E-state index contributed by atoms with van der Waals surface area (Å²) in [7, 11) is 0. The highest BCUT2D eigenvalue weighted by Crippen LogP contribution is 2.05. The van der Waals surface area contributed by atoms with E-state index >= 15 is 0 Å². The Hall–Kier alpha value is -1.88. The Kier molecular flexibility index (Phi) is 7.46. The quantitative estimate of drug-likeness (QED) is 0.665. The van der Waals surface area contributed by atoms with Gasteiger partial charge in [-0.15, -0.1) is 0 Å². The number of aliphatic hydroxyl groups is 1. The summed E-state index contributed by atoms with van der Waals surface area (Å²) in [5, 5.41) is 14.9. The predicted molar refractivity (Wildman–Crippen MR) is 81.6 cm³/mol. The number of rotatable bonds is 8. The smallest absolute Gasteiger partial charge is 0.239 e. The van der Waals surface area contributed by atoms with Gasteiger partial charge < -0.3 is 15.7 Å². The molecule has 2 atom stereocenters. The van der Waals surface area contributed by atoms with Crippen LogP contribution in [-0.4, -0.2) is 36.1 Å².